The Morgan fingerprint density at radius 2 is 2.33 bits per heavy atom. The van der Waals surface area contributed by atoms with Crippen LogP contribution in [0.15, 0.2) is 16.6 Å². The Labute approximate surface area is 114 Å². The highest BCUT2D eigenvalue weighted by molar-refractivity contribution is 9.10. The van der Waals surface area contributed by atoms with Crippen molar-refractivity contribution in [1.82, 2.24) is 14.9 Å². The number of benzene rings is 1. The highest BCUT2D eigenvalue weighted by Crippen LogP contribution is 2.32. The van der Waals surface area contributed by atoms with Crippen molar-refractivity contribution < 1.29 is 4.79 Å². The van der Waals surface area contributed by atoms with Gasteiger partial charge >= 0.3 is 0 Å². The number of carbonyl (C=O) groups excluding carboxylic acids is 1. The molecular weight excluding hydrogens is 294 g/mol. The molecule has 0 saturated heterocycles. The first-order valence-corrected chi connectivity index (χ1v) is 6.79. The summed E-state index contributed by atoms with van der Waals surface area (Å²) in [6, 6.07) is 4.24. The fourth-order valence-electron chi connectivity index (χ4n) is 2.54. The topological polar surface area (TPSA) is 46.9 Å². The van der Waals surface area contributed by atoms with E-state index in [1.807, 2.05) is 6.07 Å². The van der Waals surface area contributed by atoms with Crippen LogP contribution in [0.3, 0.4) is 0 Å². The lowest BCUT2D eigenvalue weighted by molar-refractivity contribution is -0.119. The van der Waals surface area contributed by atoms with Gasteiger partial charge in [0.2, 0.25) is 5.91 Å². The number of fused-ring (bicyclic) bond motifs is 3. The van der Waals surface area contributed by atoms with Gasteiger partial charge < -0.3 is 9.88 Å². The van der Waals surface area contributed by atoms with E-state index in [2.05, 4.69) is 43.8 Å². The molecule has 2 aromatic rings. The van der Waals surface area contributed by atoms with Crippen LogP contribution in [0.5, 0.6) is 0 Å². The molecule has 1 amide bonds. The molecule has 1 aromatic carbocycles. The largest absolute Gasteiger partial charge is 0.346 e. The average molecular weight is 308 g/mol. The first-order valence-electron chi connectivity index (χ1n) is 5.99. The third kappa shape index (κ3) is 1.73. The maximum Gasteiger partial charge on any atom is 0.217 e. The molecule has 1 aliphatic heterocycles. The summed E-state index contributed by atoms with van der Waals surface area (Å²) in [7, 11) is 0. The van der Waals surface area contributed by atoms with Crippen LogP contribution in [0.4, 0.5) is 0 Å². The van der Waals surface area contributed by atoms with Crippen molar-refractivity contribution >= 4 is 32.9 Å². The van der Waals surface area contributed by atoms with Gasteiger partial charge in [-0.2, -0.15) is 0 Å². The molecule has 3 rings (SSSR count). The maximum atomic E-state index is 11.2. The molecule has 18 heavy (non-hydrogen) atoms. The van der Waals surface area contributed by atoms with E-state index in [1.165, 1.54) is 5.56 Å². The summed E-state index contributed by atoms with van der Waals surface area (Å²) in [6.45, 7) is 4.54. The van der Waals surface area contributed by atoms with Gasteiger partial charge in [-0.3, -0.25) is 4.79 Å². The van der Waals surface area contributed by atoms with Gasteiger partial charge in [0.25, 0.3) is 0 Å². The van der Waals surface area contributed by atoms with Crippen LogP contribution in [0.25, 0.3) is 11.0 Å². The summed E-state index contributed by atoms with van der Waals surface area (Å²) in [5.74, 6) is 0.968. The van der Waals surface area contributed by atoms with Crippen molar-refractivity contribution in [3.05, 3.63) is 28.0 Å². The lowest BCUT2D eigenvalue weighted by atomic mass is 10.2. The molecule has 1 aliphatic rings. The van der Waals surface area contributed by atoms with Crippen LogP contribution in [0.1, 0.15) is 30.8 Å². The normalized spacial score (nSPS) is 18.1. The predicted molar refractivity (Wildman–Crippen MR) is 73.3 cm³/mol. The molecule has 0 saturated carbocycles. The molecule has 1 N–H and O–H groups in total. The average Bonchev–Trinajstić information content (AvgIpc) is 2.80. The van der Waals surface area contributed by atoms with Gasteiger partial charge in [0.05, 0.1) is 17.1 Å². The second-order valence-corrected chi connectivity index (χ2v) is 5.61. The molecule has 2 heterocycles. The minimum Gasteiger partial charge on any atom is -0.346 e. The number of nitrogens with zero attached hydrogens (tertiary/aromatic N) is 2. The number of aryl methyl sites for hydroxylation is 2. The van der Waals surface area contributed by atoms with Crippen LogP contribution in [0, 0.1) is 6.92 Å². The Morgan fingerprint density at radius 1 is 1.56 bits per heavy atom. The van der Waals surface area contributed by atoms with Gasteiger partial charge in [0.15, 0.2) is 0 Å². The smallest absolute Gasteiger partial charge is 0.217 e. The van der Waals surface area contributed by atoms with Gasteiger partial charge in [0.1, 0.15) is 5.82 Å². The number of halogens is 1. The summed E-state index contributed by atoms with van der Waals surface area (Å²) in [5.41, 5.74) is 3.34. The van der Waals surface area contributed by atoms with E-state index >= 15 is 0 Å². The fraction of sp³-hybridized carbons (Fsp3) is 0.385. The van der Waals surface area contributed by atoms with Crippen LogP contribution < -0.4 is 5.32 Å². The van der Waals surface area contributed by atoms with Gasteiger partial charge in [-0.05, 0) is 31.0 Å². The summed E-state index contributed by atoms with van der Waals surface area (Å²) >= 11 is 3.53. The Morgan fingerprint density at radius 3 is 3.06 bits per heavy atom. The van der Waals surface area contributed by atoms with E-state index in [0.717, 1.165) is 34.3 Å². The molecule has 0 bridgehead atoms. The highest BCUT2D eigenvalue weighted by atomic mass is 79.9. The van der Waals surface area contributed by atoms with E-state index in [0.29, 0.717) is 0 Å². The summed E-state index contributed by atoms with van der Waals surface area (Å²) in [5, 5.41) is 2.95. The zero-order valence-corrected chi connectivity index (χ0v) is 11.9. The molecular formula is C13H14BrN3O. The van der Waals surface area contributed by atoms with Crippen LogP contribution >= 0.6 is 15.9 Å². The second kappa shape index (κ2) is 4.09. The molecule has 1 aromatic heterocycles. The Balaban J connectivity index is 2.12. The fourth-order valence-corrected chi connectivity index (χ4v) is 2.87. The minimum atomic E-state index is -0.00197. The standard InChI is InChI=1S/C13H14BrN3O/c1-7-5-12-11(6-9(7)14)16-13-10(15-8(2)18)3-4-17(12)13/h5-6,10H,3-4H2,1-2H3,(H,15,18)/t10-/m0/s1. The zero-order chi connectivity index (χ0) is 12.9. The third-order valence-corrected chi connectivity index (χ3v) is 4.24. The van der Waals surface area contributed by atoms with Crippen LogP contribution in [-0.2, 0) is 11.3 Å². The predicted octanol–water partition coefficient (Wildman–Crippen LogP) is 2.69. The molecule has 0 unspecified atom stereocenters. The number of nitrogens with one attached hydrogen (secondary N) is 1. The number of hydrogen-bond acceptors (Lipinski definition) is 2. The van der Waals surface area contributed by atoms with Gasteiger partial charge in [-0.1, -0.05) is 15.9 Å². The number of aromatic nitrogens is 2. The van der Waals surface area contributed by atoms with Crippen molar-refractivity contribution in [2.45, 2.75) is 32.9 Å². The SMILES string of the molecule is CC(=O)N[C@H]1CCn2c1nc1cc(Br)c(C)cc12. The minimum absolute atomic E-state index is 0.00197. The van der Waals surface area contributed by atoms with E-state index in [1.54, 1.807) is 6.92 Å². The van der Waals surface area contributed by atoms with Gasteiger partial charge in [-0.15, -0.1) is 0 Å². The van der Waals surface area contributed by atoms with E-state index < -0.39 is 0 Å². The lowest BCUT2D eigenvalue weighted by Gasteiger charge is -2.07. The van der Waals surface area contributed by atoms with Crippen molar-refractivity contribution in [1.29, 1.82) is 0 Å². The molecule has 0 fully saturated rings. The Hall–Kier alpha value is -1.36. The molecule has 94 valence electrons. The molecule has 5 heteroatoms. The second-order valence-electron chi connectivity index (χ2n) is 4.75. The number of carbonyl (C=O) groups is 1. The first-order chi connectivity index (χ1) is 8.56. The zero-order valence-electron chi connectivity index (χ0n) is 10.3. The summed E-state index contributed by atoms with van der Waals surface area (Å²) < 4.78 is 3.28. The Bertz CT molecular complexity index is 647. The van der Waals surface area contributed by atoms with E-state index in [-0.39, 0.29) is 11.9 Å². The van der Waals surface area contributed by atoms with Crippen molar-refractivity contribution in [2.24, 2.45) is 0 Å². The molecule has 0 radical (unpaired) electrons. The van der Waals surface area contributed by atoms with E-state index in [4.69, 9.17) is 0 Å². The van der Waals surface area contributed by atoms with Gasteiger partial charge in [-0.25, -0.2) is 4.98 Å². The van der Waals surface area contributed by atoms with Crippen molar-refractivity contribution in [2.75, 3.05) is 0 Å². The lowest BCUT2D eigenvalue weighted by Crippen LogP contribution is -2.24. The number of amides is 1. The summed E-state index contributed by atoms with van der Waals surface area (Å²) in [4.78, 5) is 15.8. The summed E-state index contributed by atoms with van der Waals surface area (Å²) in [6.07, 6.45) is 0.924. The Kier molecular flexibility index (Phi) is 2.66. The number of rotatable bonds is 1. The number of hydrogen-bond donors (Lipinski definition) is 1. The van der Waals surface area contributed by atoms with Gasteiger partial charge in [0, 0.05) is 17.9 Å². The molecule has 0 spiro atoms. The third-order valence-electron chi connectivity index (χ3n) is 3.39. The first kappa shape index (κ1) is 11.7. The van der Waals surface area contributed by atoms with Crippen molar-refractivity contribution in [3.63, 3.8) is 0 Å². The maximum absolute atomic E-state index is 11.2. The monoisotopic (exact) mass is 307 g/mol. The highest BCUT2D eigenvalue weighted by Gasteiger charge is 2.27. The van der Waals surface area contributed by atoms with Crippen LogP contribution in [0.2, 0.25) is 0 Å². The van der Waals surface area contributed by atoms with Crippen LogP contribution in [-0.4, -0.2) is 15.5 Å². The molecule has 0 aliphatic carbocycles. The van der Waals surface area contributed by atoms with Crippen molar-refractivity contribution in [3.8, 4) is 0 Å². The van der Waals surface area contributed by atoms with E-state index in [9.17, 15) is 4.79 Å². The molecule has 4 nitrogen and oxygen atoms in total. The quantitative estimate of drug-likeness (QED) is 0.880. The number of imidazole rings is 1. The molecule has 1 atom stereocenters.